The highest BCUT2D eigenvalue weighted by Gasteiger charge is 2.21. The van der Waals surface area contributed by atoms with Crippen LogP contribution in [0.25, 0.3) is 83.4 Å². The molecule has 0 amide bonds. The van der Waals surface area contributed by atoms with Crippen LogP contribution in [0.15, 0.2) is 164 Å². The molecule has 53 heavy (non-hydrogen) atoms. The van der Waals surface area contributed by atoms with E-state index in [0.717, 1.165) is 61.0 Å². The highest BCUT2D eigenvalue weighted by Crippen LogP contribution is 2.38. The average molecular weight is 678 g/mol. The van der Waals surface area contributed by atoms with Gasteiger partial charge >= 0.3 is 0 Å². The van der Waals surface area contributed by atoms with Crippen LogP contribution < -0.4 is 0 Å². The zero-order valence-corrected chi connectivity index (χ0v) is 28.2. The topological polar surface area (TPSA) is 88.2 Å². The first-order valence-electron chi connectivity index (χ1n) is 17.3. The number of nitriles is 2. The second kappa shape index (κ2) is 11.9. The maximum absolute atomic E-state index is 9.51. The number of hydrogen-bond donors (Lipinski definition) is 0. The Morgan fingerprint density at radius 2 is 0.811 bits per heavy atom. The highest BCUT2D eigenvalue weighted by atomic mass is 15.3. The largest absolute Gasteiger partial charge is 0.309 e. The van der Waals surface area contributed by atoms with Gasteiger partial charge in [-0.05, 0) is 91.0 Å². The first-order chi connectivity index (χ1) is 26.2. The van der Waals surface area contributed by atoms with E-state index in [1.54, 1.807) is 24.3 Å². The zero-order chi connectivity index (χ0) is 35.5. The monoisotopic (exact) mass is 677 g/mol. The Morgan fingerprint density at radius 1 is 0.358 bits per heavy atom. The van der Waals surface area contributed by atoms with E-state index >= 15 is 0 Å². The molecule has 0 atom stereocenters. The Kier molecular flexibility index (Phi) is 6.79. The molecule has 0 saturated heterocycles. The summed E-state index contributed by atoms with van der Waals surface area (Å²) in [6.07, 6.45) is 0. The van der Waals surface area contributed by atoms with Crippen LogP contribution in [0.5, 0.6) is 0 Å². The van der Waals surface area contributed by atoms with Crippen LogP contribution in [0.3, 0.4) is 0 Å². The summed E-state index contributed by atoms with van der Waals surface area (Å²) in [6, 6.07) is 60.0. The van der Waals surface area contributed by atoms with Gasteiger partial charge in [0, 0.05) is 49.7 Å². The van der Waals surface area contributed by atoms with E-state index in [4.69, 9.17) is 5.10 Å². The maximum Gasteiger partial charge on any atom is 0.168 e. The van der Waals surface area contributed by atoms with Crippen LogP contribution in [-0.2, 0) is 0 Å². The van der Waals surface area contributed by atoms with Crippen molar-refractivity contribution in [1.29, 1.82) is 10.5 Å². The Hall–Kier alpha value is -7.74. The lowest BCUT2D eigenvalue weighted by atomic mass is 10.1. The fraction of sp³-hybridized carbons (Fsp3) is 0. The highest BCUT2D eigenvalue weighted by molar-refractivity contribution is 6.11. The molecule has 7 nitrogen and oxygen atoms in total. The van der Waals surface area contributed by atoms with Gasteiger partial charge in [-0.3, -0.25) is 4.57 Å². The van der Waals surface area contributed by atoms with Gasteiger partial charge in [0.05, 0.1) is 45.3 Å². The van der Waals surface area contributed by atoms with Gasteiger partial charge in [0.1, 0.15) is 0 Å². The molecule has 3 aromatic heterocycles. The standard InChI is InChI=1S/C46H27N7/c47-28-30-16-20-32(21-17-30)45-49-50-46(53(45)34-23-18-31(29-48)19-24-34)33-22-25-40-39-12-3-6-15-43(39)52(44(40)26-33)36-9-7-8-35(27-36)51-41-13-4-1-10-37(41)38-11-2-5-14-42(38)51/h1-27H. The molecular weight excluding hydrogens is 651 g/mol. The molecule has 0 spiro atoms. The van der Waals surface area contributed by atoms with Crippen molar-refractivity contribution in [3.63, 3.8) is 0 Å². The summed E-state index contributed by atoms with van der Waals surface area (Å²) in [5, 5.41) is 33.1. The summed E-state index contributed by atoms with van der Waals surface area (Å²) in [7, 11) is 0. The van der Waals surface area contributed by atoms with Crippen molar-refractivity contribution >= 4 is 43.6 Å². The molecule has 3 heterocycles. The molecule has 10 rings (SSSR count). The van der Waals surface area contributed by atoms with E-state index in [-0.39, 0.29) is 0 Å². The molecule has 0 aliphatic heterocycles. The molecule has 7 heteroatoms. The summed E-state index contributed by atoms with van der Waals surface area (Å²) in [5.41, 5.74) is 10.3. The Morgan fingerprint density at radius 3 is 1.36 bits per heavy atom. The second-order valence-electron chi connectivity index (χ2n) is 13.0. The molecule has 0 unspecified atom stereocenters. The summed E-state index contributed by atoms with van der Waals surface area (Å²) >= 11 is 0. The molecule has 0 fully saturated rings. The lowest BCUT2D eigenvalue weighted by molar-refractivity contribution is 1.07. The molecule has 0 radical (unpaired) electrons. The first-order valence-corrected chi connectivity index (χ1v) is 17.3. The van der Waals surface area contributed by atoms with Gasteiger partial charge in [0.25, 0.3) is 0 Å². The molecule has 0 aliphatic carbocycles. The molecule has 7 aromatic carbocycles. The van der Waals surface area contributed by atoms with Crippen LogP contribution >= 0.6 is 0 Å². The fourth-order valence-electron chi connectivity index (χ4n) is 7.64. The number of aromatic nitrogens is 5. The number of rotatable bonds is 5. The molecule has 10 aromatic rings. The number of para-hydroxylation sites is 3. The predicted octanol–water partition coefficient (Wildman–Crippen LogP) is 10.5. The van der Waals surface area contributed by atoms with Gasteiger partial charge in [0.2, 0.25) is 0 Å². The molecule has 0 saturated carbocycles. The van der Waals surface area contributed by atoms with Crippen molar-refractivity contribution in [2.45, 2.75) is 0 Å². The molecule has 0 N–H and O–H groups in total. The maximum atomic E-state index is 9.51. The van der Waals surface area contributed by atoms with Crippen molar-refractivity contribution in [1.82, 2.24) is 23.9 Å². The lowest BCUT2D eigenvalue weighted by Gasteiger charge is -2.14. The number of benzene rings is 7. The Balaban J connectivity index is 1.19. The van der Waals surface area contributed by atoms with E-state index in [2.05, 4.69) is 142 Å². The van der Waals surface area contributed by atoms with Gasteiger partial charge < -0.3 is 9.13 Å². The van der Waals surface area contributed by atoms with Gasteiger partial charge in [0.15, 0.2) is 11.6 Å². The van der Waals surface area contributed by atoms with Gasteiger partial charge in [-0.15, -0.1) is 10.2 Å². The van der Waals surface area contributed by atoms with Crippen molar-refractivity contribution in [3.8, 4) is 52.0 Å². The van der Waals surface area contributed by atoms with Crippen molar-refractivity contribution in [2.75, 3.05) is 0 Å². The van der Waals surface area contributed by atoms with Crippen LogP contribution in [0, 0.1) is 22.7 Å². The minimum absolute atomic E-state index is 0.567. The Bertz CT molecular complexity index is 3070. The van der Waals surface area contributed by atoms with Gasteiger partial charge in [-0.2, -0.15) is 10.5 Å². The lowest BCUT2D eigenvalue weighted by Crippen LogP contribution is -2.01. The molecule has 0 bridgehead atoms. The fourth-order valence-corrected chi connectivity index (χ4v) is 7.64. The quantitative estimate of drug-likeness (QED) is 0.181. The third-order valence-electron chi connectivity index (χ3n) is 10.0. The predicted molar refractivity (Wildman–Crippen MR) is 210 cm³/mol. The van der Waals surface area contributed by atoms with Crippen LogP contribution in [0.4, 0.5) is 0 Å². The van der Waals surface area contributed by atoms with Crippen LogP contribution in [0.1, 0.15) is 11.1 Å². The third kappa shape index (κ3) is 4.73. The second-order valence-corrected chi connectivity index (χ2v) is 13.0. The normalized spacial score (nSPS) is 11.4. The van der Waals surface area contributed by atoms with Crippen LogP contribution in [-0.4, -0.2) is 23.9 Å². The van der Waals surface area contributed by atoms with E-state index in [9.17, 15) is 10.5 Å². The molecular formula is C46H27N7. The average Bonchev–Trinajstić information content (AvgIpc) is 3.91. The number of fused-ring (bicyclic) bond motifs is 6. The molecule has 0 aliphatic rings. The smallest absolute Gasteiger partial charge is 0.168 e. The van der Waals surface area contributed by atoms with E-state index in [1.165, 1.54) is 10.8 Å². The van der Waals surface area contributed by atoms with Gasteiger partial charge in [-0.1, -0.05) is 72.8 Å². The SMILES string of the molecule is N#Cc1ccc(-c2nnc(-c3ccc4c5ccccc5n(-c5cccc(-n6c7ccccc7c7ccccc76)c5)c4c3)n2-c2ccc(C#N)cc2)cc1. The summed E-state index contributed by atoms with van der Waals surface area (Å²) in [5.74, 6) is 1.29. The van der Waals surface area contributed by atoms with Crippen LogP contribution in [0.2, 0.25) is 0 Å². The number of hydrogen-bond acceptors (Lipinski definition) is 4. The number of nitrogens with zero attached hydrogens (tertiary/aromatic N) is 7. The minimum Gasteiger partial charge on any atom is -0.309 e. The van der Waals surface area contributed by atoms with E-state index < -0.39 is 0 Å². The first kappa shape index (κ1) is 30.1. The van der Waals surface area contributed by atoms with Gasteiger partial charge in [-0.25, -0.2) is 0 Å². The summed E-state index contributed by atoms with van der Waals surface area (Å²) < 4.78 is 6.69. The van der Waals surface area contributed by atoms with Crippen molar-refractivity contribution < 1.29 is 0 Å². The molecule has 246 valence electrons. The zero-order valence-electron chi connectivity index (χ0n) is 28.2. The summed E-state index contributed by atoms with van der Waals surface area (Å²) in [6.45, 7) is 0. The van der Waals surface area contributed by atoms with E-state index in [0.29, 0.717) is 22.8 Å². The minimum atomic E-state index is 0.567. The summed E-state index contributed by atoms with van der Waals surface area (Å²) in [4.78, 5) is 0. The van der Waals surface area contributed by atoms with Crippen molar-refractivity contribution in [2.24, 2.45) is 0 Å². The van der Waals surface area contributed by atoms with Crippen molar-refractivity contribution in [3.05, 3.63) is 175 Å². The Labute approximate surface area is 304 Å². The van der Waals surface area contributed by atoms with E-state index in [1.807, 2.05) is 28.8 Å². The third-order valence-corrected chi connectivity index (χ3v) is 10.0.